The molecule has 3 rings (SSSR count). The summed E-state index contributed by atoms with van der Waals surface area (Å²) in [5.41, 5.74) is 2.46. The summed E-state index contributed by atoms with van der Waals surface area (Å²) in [4.78, 5) is 28.1. The third-order valence-electron chi connectivity index (χ3n) is 3.47. The Morgan fingerprint density at radius 2 is 1.86 bits per heavy atom. The van der Waals surface area contributed by atoms with Gasteiger partial charge in [0.1, 0.15) is 10.3 Å². The molecule has 112 valence electrons. The summed E-state index contributed by atoms with van der Waals surface area (Å²) in [6, 6.07) is 6.12. The maximum absolute atomic E-state index is 12.7. The third-order valence-corrected chi connectivity index (χ3v) is 3.86. The molecule has 0 saturated carbocycles. The largest absolute Gasteiger partial charge is 0.419 e. The van der Waals surface area contributed by atoms with Crippen LogP contribution in [0.15, 0.2) is 33.5 Å². The minimum absolute atomic E-state index is 0.144. The molecule has 5 nitrogen and oxygen atoms in total. The molecule has 0 N–H and O–H groups in total. The molecular weight excluding hydrogens is 327 g/mol. The Labute approximate surface area is 135 Å². The fraction of sp³-hybridized carbons (Fsp3) is 0.133. The first-order chi connectivity index (χ1) is 10.4. The van der Waals surface area contributed by atoms with Crippen LogP contribution < -0.4 is 5.76 Å². The van der Waals surface area contributed by atoms with Crippen LogP contribution >= 0.6 is 23.2 Å². The van der Waals surface area contributed by atoms with Crippen molar-refractivity contribution in [3.05, 3.63) is 61.8 Å². The number of halogens is 2. The van der Waals surface area contributed by atoms with Crippen LogP contribution in [0, 0.1) is 6.92 Å². The van der Waals surface area contributed by atoms with Gasteiger partial charge >= 0.3 is 5.76 Å². The quantitative estimate of drug-likeness (QED) is 0.531. The van der Waals surface area contributed by atoms with Crippen molar-refractivity contribution in [1.29, 1.82) is 0 Å². The summed E-state index contributed by atoms with van der Waals surface area (Å²) in [5, 5.41) is 0.288. The van der Waals surface area contributed by atoms with E-state index in [9.17, 15) is 9.59 Å². The Kier molecular flexibility index (Phi) is 3.54. The predicted octanol–water partition coefficient (Wildman–Crippen LogP) is 3.37. The first-order valence-electron chi connectivity index (χ1n) is 6.35. The van der Waals surface area contributed by atoms with Gasteiger partial charge in [-0.2, -0.15) is 0 Å². The number of rotatable bonds is 2. The van der Waals surface area contributed by atoms with Crippen LogP contribution in [0.4, 0.5) is 0 Å². The number of aromatic nitrogens is 2. The van der Waals surface area contributed by atoms with Crippen LogP contribution in [0.3, 0.4) is 0 Å². The zero-order valence-electron chi connectivity index (χ0n) is 11.7. The second-order valence-corrected chi connectivity index (χ2v) is 5.62. The summed E-state index contributed by atoms with van der Waals surface area (Å²) in [6.45, 7) is 1.76. The lowest BCUT2D eigenvalue weighted by Gasteiger charge is -2.07. The van der Waals surface area contributed by atoms with E-state index in [2.05, 4.69) is 4.98 Å². The molecule has 0 amide bonds. The van der Waals surface area contributed by atoms with Crippen LogP contribution in [0.1, 0.15) is 21.5 Å². The molecule has 0 atom stereocenters. The van der Waals surface area contributed by atoms with Crippen molar-refractivity contribution >= 4 is 40.1 Å². The molecule has 0 spiro atoms. The van der Waals surface area contributed by atoms with Crippen molar-refractivity contribution in [2.75, 3.05) is 0 Å². The Balaban J connectivity index is 2.21. The normalized spacial score (nSPS) is 11.1. The topological polar surface area (TPSA) is 65.1 Å². The summed E-state index contributed by atoms with van der Waals surface area (Å²) in [5.74, 6) is -0.725. The summed E-state index contributed by atoms with van der Waals surface area (Å²) in [6.07, 6.45) is 0. The number of fused-ring (bicyclic) bond motifs is 1. The summed E-state index contributed by atoms with van der Waals surface area (Å²) < 4.78 is 6.47. The molecule has 0 radical (unpaired) electrons. The third kappa shape index (κ3) is 2.32. The Morgan fingerprint density at radius 3 is 2.50 bits per heavy atom. The highest BCUT2D eigenvalue weighted by atomic mass is 35.5. The smallest absolute Gasteiger partial charge is 0.408 e. The number of nitrogens with zero attached hydrogens (tertiary/aromatic N) is 2. The first kappa shape index (κ1) is 14.8. The van der Waals surface area contributed by atoms with Crippen molar-refractivity contribution in [2.45, 2.75) is 6.92 Å². The van der Waals surface area contributed by atoms with Gasteiger partial charge in [-0.3, -0.25) is 9.36 Å². The molecule has 2 heterocycles. The van der Waals surface area contributed by atoms with Crippen molar-refractivity contribution in [3.63, 3.8) is 0 Å². The number of pyridine rings is 1. The molecule has 0 unspecified atom stereocenters. The molecule has 0 aliphatic carbocycles. The van der Waals surface area contributed by atoms with Gasteiger partial charge in [0.2, 0.25) is 0 Å². The highest BCUT2D eigenvalue weighted by Crippen LogP contribution is 2.24. The highest BCUT2D eigenvalue weighted by Gasteiger charge is 2.18. The zero-order chi connectivity index (χ0) is 16.0. The van der Waals surface area contributed by atoms with Crippen LogP contribution in [-0.4, -0.2) is 15.3 Å². The predicted molar refractivity (Wildman–Crippen MR) is 83.9 cm³/mol. The van der Waals surface area contributed by atoms with E-state index in [1.165, 1.54) is 16.7 Å². The number of hydrogen-bond donors (Lipinski definition) is 0. The number of ketones is 1. The van der Waals surface area contributed by atoms with E-state index >= 15 is 0 Å². The number of oxazole rings is 1. The molecule has 2 aromatic heterocycles. The molecule has 1 aromatic carbocycles. The highest BCUT2D eigenvalue weighted by molar-refractivity contribution is 6.33. The van der Waals surface area contributed by atoms with Gasteiger partial charge in [-0.05, 0) is 36.8 Å². The van der Waals surface area contributed by atoms with Gasteiger partial charge in [0.05, 0.1) is 5.52 Å². The van der Waals surface area contributed by atoms with Crippen LogP contribution in [0.25, 0.3) is 11.1 Å². The van der Waals surface area contributed by atoms with E-state index in [0.717, 1.165) is 0 Å². The van der Waals surface area contributed by atoms with Gasteiger partial charge in [0.15, 0.2) is 11.4 Å². The van der Waals surface area contributed by atoms with E-state index in [1.54, 1.807) is 26.1 Å². The van der Waals surface area contributed by atoms with Gasteiger partial charge < -0.3 is 4.42 Å². The lowest BCUT2D eigenvalue weighted by atomic mass is 9.99. The Morgan fingerprint density at radius 1 is 1.23 bits per heavy atom. The second-order valence-electron chi connectivity index (χ2n) is 4.84. The van der Waals surface area contributed by atoms with Gasteiger partial charge in [-0.1, -0.05) is 23.2 Å². The van der Waals surface area contributed by atoms with E-state index in [-0.39, 0.29) is 16.1 Å². The van der Waals surface area contributed by atoms with Crippen molar-refractivity contribution < 1.29 is 9.21 Å². The van der Waals surface area contributed by atoms with E-state index in [1.807, 2.05) is 0 Å². The Hall–Kier alpha value is -2.11. The molecule has 0 fully saturated rings. The number of hydrogen-bond acceptors (Lipinski definition) is 4. The molecular formula is C15H10Cl2N2O3. The number of benzene rings is 1. The van der Waals surface area contributed by atoms with Gasteiger partial charge in [0, 0.05) is 18.2 Å². The van der Waals surface area contributed by atoms with Crippen molar-refractivity contribution in [1.82, 2.24) is 9.55 Å². The van der Waals surface area contributed by atoms with Gasteiger partial charge in [0.25, 0.3) is 0 Å². The molecule has 22 heavy (non-hydrogen) atoms. The standard InChI is InChI=1S/C15H10Cl2N2O3/c1-7-9(3-4-10-13(7)19(2)15(21)22-10)14(20)8-5-11(16)18-12(17)6-8/h3-6H,1-2H3. The molecule has 7 heteroatoms. The molecule has 3 aromatic rings. The fourth-order valence-corrected chi connectivity index (χ4v) is 2.89. The monoisotopic (exact) mass is 336 g/mol. The summed E-state index contributed by atoms with van der Waals surface area (Å²) in [7, 11) is 1.59. The van der Waals surface area contributed by atoms with Gasteiger partial charge in [-0.25, -0.2) is 9.78 Å². The molecule has 0 bridgehead atoms. The minimum Gasteiger partial charge on any atom is -0.408 e. The van der Waals surface area contributed by atoms with Crippen LogP contribution in [0.5, 0.6) is 0 Å². The van der Waals surface area contributed by atoms with Crippen LogP contribution in [0.2, 0.25) is 10.3 Å². The van der Waals surface area contributed by atoms with E-state index < -0.39 is 5.76 Å². The average Bonchev–Trinajstić information content (AvgIpc) is 2.73. The lowest BCUT2D eigenvalue weighted by Crippen LogP contribution is -2.10. The summed E-state index contributed by atoms with van der Waals surface area (Å²) >= 11 is 11.7. The number of carbonyl (C=O) groups excluding carboxylic acids is 1. The minimum atomic E-state index is -0.474. The molecule has 0 aliphatic heterocycles. The maximum atomic E-state index is 12.7. The average molecular weight is 337 g/mol. The Bertz CT molecular complexity index is 953. The van der Waals surface area contributed by atoms with E-state index in [0.29, 0.717) is 27.8 Å². The second kappa shape index (κ2) is 5.26. The van der Waals surface area contributed by atoms with Crippen molar-refractivity contribution in [3.8, 4) is 0 Å². The molecule has 0 aliphatic rings. The number of carbonyl (C=O) groups is 1. The fourth-order valence-electron chi connectivity index (χ4n) is 2.43. The van der Waals surface area contributed by atoms with Crippen LogP contribution in [-0.2, 0) is 7.05 Å². The number of aryl methyl sites for hydroxylation is 2. The molecule has 0 saturated heterocycles. The SMILES string of the molecule is Cc1c(C(=O)c2cc(Cl)nc(Cl)c2)ccc2oc(=O)n(C)c12. The lowest BCUT2D eigenvalue weighted by molar-refractivity contribution is 0.103. The van der Waals surface area contributed by atoms with E-state index in [4.69, 9.17) is 27.6 Å². The zero-order valence-corrected chi connectivity index (χ0v) is 13.2. The maximum Gasteiger partial charge on any atom is 0.419 e. The van der Waals surface area contributed by atoms with Crippen molar-refractivity contribution in [2.24, 2.45) is 7.05 Å². The van der Waals surface area contributed by atoms with Gasteiger partial charge in [-0.15, -0.1) is 0 Å². The first-order valence-corrected chi connectivity index (χ1v) is 7.11.